The molecule has 2 N–H and O–H groups in total. The van der Waals surface area contributed by atoms with Gasteiger partial charge < -0.3 is 15.5 Å². The van der Waals surface area contributed by atoms with Gasteiger partial charge in [0.15, 0.2) is 5.96 Å². The summed E-state index contributed by atoms with van der Waals surface area (Å²) in [6.07, 6.45) is 6.77. The molecule has 1 aromatic rings. The number of nitrogens with zero attached hydrogens (tertiary/aromatic N) is 4. The van der Waals surface area contributed by atoms with Gasteiger partial charge in [0, 0.05) is 51.3 Å². The summed E-state index contributed by atoms with van der Waals surface area (Å²) in [4.78, 5) is 18.3. The fourth-order valence-electron chi connectivity index (χ4n) is 3.63. The number of nitrogens with one attached hydrogen (secondary N) is 2. The van der Waals surface area contributed by atoms with Gasteiger partial charge in [-0.15, -0.1) is 0 Å². The fourth-order valence-corrected chi connectivity index (χ4v) is 3.63. The first-order chi connectivity index (χ1) is 11.1. The number of amides is 1. The molecular formula is C16H26N6O. The van der Waals surface area contributed by atoms with Gasteiger partial charge in [-0.25, -0.2) is 0 Å². The Labute approximate surface area is 137 Å². The number of rotatable bonds is 3. The second-order valence-corrected chi connectivity index (χ2v) is 6.73. The van der Waals surface area contributed by atoms with Crippen molar-refractivity contribution in [3.05, 3.63) is 18.0 Å². The Morgan fingerprint density at radius 2 is 2.43 bits per heavy atom. The summed E-state index contributed by atoms with van der Waals surface area (Å²) in [7, 11) is 1.82. The molecule has 7 nitrogen and oxygen atoms in total. The minimum atomic E-state index is 0.0893. The van der Waals surface area contributed by atoms with Crippen LogP contribution >= 0.6 is 0 Å². The molecule has 1 spiro atoms. The van der Waals surface area contributed by atoms with Crippen molar-refractivity contribution >= 4 is 11.9 Å². The zero-order chi connectivity index (χ0) is 16.3. The third-order valence-corrected chi connectivity index (χ3v) is 4.76. The standard InChI is InChI=1S/C16H26N6O/c1-13-9-20-22(10-13)7-5-18-15(17-2)21-6-3-4-16(12-21)8-14(23)19-11-16/h9-10H,3-8,11-12H2,1-2H3,(H,17,18)(H,19,23). The monoisotopic (exact) mass is 318 g/mol. The van der Waals surface area contributed by atoms with E-state index in [1.807, 2.05) is 31.0 Å². The second kappa shape index (κ2) is 6.60. The van der Waals surface area contributed by atoms with E-state index in [0.29, 0.717) is 6.42 Å². The van der Waals surface area contributed by atoms with Crippen LogP contribution in [0.2, 0.25) is 0 Å². The average Bonchev–Trinajstić information content (AvgIpc) is 3.10. The number of aryl methyl sites for hydroxylation is 1. The first-order valence-corrected chi connectivity index (χ1v) is 8.32. The smallest absolute Gasteiger partial charge is 0.220 e. The highest BCUT2D eigenvalue weighted by Crippen LogP contribution is 2.35. The van der Waals surface area contributed by atoms with Crippen molar-refractivity contribution < 1.29 is 4.79 Å². The summed E-state index contributed by atoms with van der Waals surface area (Å²) < 4.78 is 1.94. The van der Waals surface area contributed by atoms with Gasteiger partial charge in [-0.3, -0.25) is 14.5 Å². The summed E-state index contributed by atoms with van der Waals surface area (Å²) >= 11 is 0. The lowest BCUT2D eigenvalue weighted by molar-refractivity contribution is -0.119. The van der Waals surface area contributed by atoms with Crippen LogP contribution in [0.5, 0.6) is 0 Å². The van der Waals surface area contributed by atoms with E-state index in [9.17, 15) is 4.79 Å². The zero-order valence-electron chi connectivity index (χ0n) is 14.0. The Morgan fingerprint density at radius 3 is 3.09 bits per heavy atom. The van der Waals surface area contributed by atoms with Crippen LogP contribution in [0, 0.1) is 12.3 Å². The predicted molar refractivity (Wildman–Crippen MR) is 89.2 cm³/mol. The molecule has 0 radical (unpaired) electrons. The molecule has 2 aliphatic rings. The fraction of sp³-hybridized carbons (Fsp3) is 0.688. The minimum Gasteiger partial charge on any atom is -0.355 e. The van der Waals surface area contributed by atoms with E-state index in [1.165, 1.54) is 5.56 Å². The van der Waals surface area contributed by atoms with E-state index in [0.717, 1.165) is 51.5 Å². The third kappa shape index (κ3) is 3.65. The van der Waals surface area contributed by atoms with Gasteiger partial charge in [-0.05, 0) is 25.3 Å². The maximum Gasteiger partial charge on any atom is 0.220 e. The van der Waals surface area contributed by atoms with Gasteiger partial charge in [0.1, 0.15) is 0 Å². The molecule has 0 aromatic carbocycles. The molecule has 0 bridgehead atoms. The van der Waals surface area contributed by atoms with E-state index in [4.69, 9.17) is 0 Å². The first-order valence-electron chi connectivity index (χ1n) is 8.32. The second-order valence-electron chi connectivity index (χ2n) is 6.73. The van der Waals surface area contributed by atoms with Gasteiger partial charge in [0.25, 0.3) is 0 Å². The van der Waals surface area contributed by atoms with Crippen LogP contribution in [-0.2, 0) is 11.3 Å². The SMILES string of the molecule is CN=C(NCCn1cc(C)cn1)N1CCCC2(CNC(=O)C2)C1. The minimum absolute atomic E-state index is 0.0893. The molecule has 0 saturated carbocycles. The Bertz CT molecular complexity index is 595. The van der Waals surface area contributed by atoms with E-state index in [2.05, 4.69) is 25.6 Å². The Kier molecular flexibility index (Phi) is 4.54. The maximum absolute atomic E-state index is 11.6. The van der Waals surface area contributed by atoms with Crippen molar-refractivity contribution in [2.75, 3.05) is 33.2 Å². The van der Waals surface area contributed by atoms with Crippen LogP contribution in [0.25, 0.3) is 0 Å². The Morgan fingerprint density at radius 1 is 1.57 bits per heavy atom. The number of aromatic nitrogens is 2. The molecule has 3 heterocycles. The third-order valence-electron chi connectivity index (χ3n) is 4.76. The highest BCUT2D eigenvalue weighted by atomic mass is 16.1. The molecule has 126 valence electrons. The molecule has 3 rings (SSSR count). The molecule has 0 aliphatic carbocycles. The van der Waals surface area contributed by atoms with Crippen LogP contribution in [-0.4, -0.2) is 59.8 Å². The number of guanidine groups is 1. The van der Waals surface area contributed by atoms with Crippen LogP contribution in [0.3, 0.4) is 0 Å². The Hall–Kier alpha value is -2.05. The number of likely N-dealkylation sites (tertiary alicyclic amines) is 1. The normalized spacial score (nSPS) is 25.0. The van der Waals surface area contributed by atoms with Gasteiger partial charge in [0.05, 0.1) is 12.7 Å². The molecule has 1 unspecified atom stereocenters. The maximum atomic E-state index is 11.6. The number of hydrogen-bond donors (Lipinski definition) is 2. The summed E-state index contributed by atoms with van der Waals surface area (Å²) in [6.45, 7) is 6.33. The molecule has 2 aliphatic heterocycles. The van der Waals surface area contributed by atoms with Crippen molar-refractivity contribution in [3.8, 4) is 0 Å². The summed E-state index contributed by atoms with van der Waals surface area (Å²) in [5.74, 6) is 1.11. The lowest BCUT2D eigenvalue weighted by atomic mass is 9.79. The lowest BCUT2D eigenvalue weighted by Gasteiger charge is -2.40. The largest absolute Gasteiger partial charge is 0.355 e. The predicted octanol–water partition coefficient (Wildman–Crippen LogP) is 0.369. The quantitative estimate of drug-likeness (QED) is 0.624. The van der Waals surface area contributed by atoms with E-state index in [-0.39, 0.29) is 11.3 Å². The Balaban J connectivity index is 1.54. The summed E-state index contributed by atoms with van der Waals surface area (Å²) in [6, 6.07) is 0. The van der Waals surface area contributed by atoms with Gasteiger partial charge in [0.2, 0.25) is 5.91 Å². The number of carbonyl (C=O) groups excluding carboxylic acids is 1. The first kappa shape index (κ1) is 15.8. The van der Waals surface area contributed by atoms with Crippen molar-refractivity contribution in [1.29, 1.82) is 0 Å². The molecule has 1 amide bonds. The van der Waals surface area contributed by atoms with E-state index in [1.54, 1.807) is 0 Å². The van der Waals surface area contributed by atoms with Gasteiger partial charge in [-0.2, -0.15) is 5.10 Å². The van der Waals surface area contributed by atoms with Crippen molar-refractivity contribution in [2.45, 2.75) is 32.7 Å². The highest BCUT2D eigenvalue weighted by Gasteiger charge is 2.42. The summed E-state index contributed by atoms with van der Waals surface area (Å²) in [5, 5.41) is 10.7. The number of carbonyl (C=O) groups is 1. The van der Waals surface area contributed by atoms with Crippen LogP contribution in [0.1, 0.15) is 24.8 Å². The number of hydrogen-bond acceptors (Lipinski definition) is 3. The zero-order valence-corrected chi connectivity index (χ0v) is 14.0. The van der Waals surface area contributed by atoms with Gasteiger partial charge in [-0.1, -0.05) is 0 Å². The average molecular weight is 318 g/mol. The molecule has 23 heavy (non-hydrogen) atoms. The van der Waals surface area contributed by atoms with E-state index >= 15 is 0 Å². The molecule has 2 saturated heterocycles. The molecular weight excluding hydrogens is 292 g/mol. The summed E-state index contributed by atoms with van der Waals surface area (Å²) in [5.41, 5.74) is 1.26. The van der Waals surface area contributed by atoms with Crippen molar-refractivity contribution in [1.82, 2.24) is 25.3 Å². The molecule has 7 heteroatoms. The van der Waals surface area contributed by atoms with E-state index < -0.39 is 0 Å². The molecule has 1 atom stereocenters. The van der Waals surface area contributed by atoms with Gasteiger partial charge >= 0.3 is 0 Å². The number of aliphatic imine (C=N–C) groups is 1. The van der Waals surface area contributed by atoms with Crippen molar-refractivity contribution in [3.63, 3.8) is 0 Å². The molecule has 2 fully saturated rings. The van der Waals surface area contributed by atoms with Crippen LogP contribution in [0.4, 0.5) is 0 Å². The topological polar surface area (TPSA) is 74.6 Å². The number of piperidine rings is 1. The highest BCUT2D eigenvalue weighted by molar-refractivity contribution is 5.81. The lowest BCUT2D eigenvalue weighted by Crippen LogP contribution is -2.51. The van der Waals surface area contributed by atoms with Crippen LogP contribution < -0.4 is 10.6 Å². The van der Waals surface area contributed by atoms with Crippen molar-refractivity contribution in [2.24, 2.45) is 10.4 Å². The van der Waals surface area contributed by atoms with Crippen LogP contribution in [0.15, 0.2) is 17.4 Å². The molecule has 1 aromatic heterocycles.